The SMILES string of the molecule is CC(CCl)CS(=O)(=O)N(C)C1CCCCCC1. The van der Waals surface area contributed by atoms with E-state index in [4.69, 9.17) is 11.6 Å². The van der Waals surface area contributed by atoms with Crippen molar-refractivity contribution in [3.63, 3.8) is 0 Å². The number of halogens is 1. The van der Waals surface area contributed by atoms with E-state index in [1.165, 1.54) is 12.8 Å². The van der Waals surface area contributed by atoms with E-state index in [1.807, 2.05) is 6.92 Å². The molecular weight excluding hydrogens is 258 g/mol. The Morgan fingerprint density at radius 1 is 1.24 bits per heavy atom. The Bertz CT molecular complexity index is 310. The fourth-order valence-corrected chi connectivity index (χ4v) is 4.35. The van der Waals surface area contributed by atoms with E-state index in [0.29, 0.717) is 5.88 Å². The summed E-state index contributed by atoms with van der Waals surface area (Å²) in [6.07, 6.45) is 6.78. The molecule has 1 aliphatic rings. The van der Waals surface area contributed by atoms with Gasteiger partial charge in [-0.05, 0) is 18.8 Å². The maximum atomic E-state index is 12.2. The highest BCUT2D eigenvalue weighted by molar-refractivity contribution is 7.89. The van der Waals surface area contributed by atoms with E-state index >= 15 is 0 Å². The average molecular weight is 282 g/mol. The van der Waals surface area contributed by atoms with Crippen LogP contribution in [0.2, 0.25) is 0 Å². The molecule has 0 aromatic heterocycles. The van der Waals surface area contributed by atoms with Crippen molar-refractivity contribution >= 4 is 21.6 Å². The fourth-order valence-electron chi connectivity index (χ4n) is 2.37. The van der Waals surface area contributed by atoms with Crippen molar-refractivity contribution in [3.8, 4) is 0 Å². The number of rotatable bonds is 5. The van der Waals surface area contributed by atoms with Gasteiger partial charge in [-0.2, -0.15) is 0 Å². The molecule has 1 rings (SSSR count). The van der Waals surface area contributed by atoms with Gasteiger partial charge < -0.3 is 0 Å². The van der Waals surface area contributed by atoms with Crippen LogP contribution in [-0.4, -0.2) is 37.4 Å². The van der Waals surface area contributed by atoms with Crippen LogP contribution < -0.4 is 0 Å². The lowest BCUT2D eigenvalue weighted by Crippen LogP contribution is -2.39. The maximum Gasteiger partial charge on any atom is 0.214 e. The van der Waals surface area contributed by atoms with E-state index in [2.05, 4.69) is 0 Å². The molecule has 1 fully saturated rings. The first-order valence-corrected chi connectivity index (χ1v) is 8.63. The van der Waals surface area contributed by atoms with Crippen molar-refractivity contribution in [1.82, 2.24) is 4.31 Å². The number of alkyl halides is 1. The molecule has 1 atom stereocenters. The molecule has 0 spiro atoms. The van der Waals surface area contributed by atoms with Crippen molar-refractivity contribution in [2.24, 2.45) is 5.92 Å². The van der Waals surface area contributed by atoms with Crippen LogP contribution in [0.4, 0.5) is 0 Å². The number of nitrogens with zero attached hydrogens (tertiary/aromatic N) is 1. The molecule has 0 radical (unpaired) electrons. The van der Waals surface area contributed by atoms with Crippen molar-refractivity contribution in [2.45, 2.75) is 51.5 Å². The standard InChI is InChI=1S/C12H24ClNO2S/c1-11(9-13)10-17(15,16)14(2)12-7-5-3-4-6-8-12/h11-12H,3-10H2,1-2H3. The van der Waals surface area contributed by atoms with Crippen molar-refractivity contribution in [2.75, 3.05) is 18.7 Å². The third-order valence-electron chi connectivity index (χ3n) is 3.54. The predicted molar refractivity (Wildman–Crippen MR) is 72.9 cm³/mol. The van der Waals surface area contributed by atoms with Gasteiger partial charge in [0.05, 0.1) is 5.75 Å². The molecule has 1 aliphatic carbocycles. The van der Waals surface area contributed by atoms with Gasteiger partial charge in [0.1, 0.15) is 0 Å². The van der Waals surface area contributed by atoms with E-state index in [0.717, 1.165) is 25.7 Å². The normalized spacial score (nSPS) is 21.4. The first kappa shape index (κ1) is 15.3. The summed E-state index contributed by atoms with van der Waals surface area (Å²) in [5.74, 6) is 0.594. The minimum atomic E-state index is -3.14. The third-order valence-corrected chi connectivity index (χ3v) is 6.23. The van der Waals surface area contributed by atoms with E-state index < -0.39 is 10.0 Å². The summed E-state index contributed by atoms with van der Waals surface area (Å²) in [7, 11) is -1.41. The lowest BCUT2D eigenvalue weighted by molar-refractivity contribution is 0.334. The van der Waals surface area contributed by atoms with Crippen LogP contribution in [0.15, 0.2) is 0 Å². The molecule has 0 bridgehead atoms. The van der Waals surface area contributed by atoms with Gasteiger partial charge in [-0.3, -0.25) is 0 Å². The largest absolute Gasteiger partial charge is 0.214 e. The van der Waals surface area contributed by atoms with Crippen LogP contribution in [0, 0.1) is 5.92 Å². The Morgan fingerprint density at radius 2 is 1.76 bits per heavy atom. The molecular formula is C12H24ClNO2S. The predicted octanol–water partition coefficient (Wildman–Crippen LogP) is 2.85. The second-order valence-electron chi connectivity index (χ2n) is 5.20. The van der Waals surface area contributed by atoms with E-state index in [9.17, 15) is 8.42 Å². The fraction of sp³-hybridized carbons (Fsp3) is 1.00. The van der Waals surface area contributed by atoms with Gasteiger partial charge in [0.15, 0.2) is 0 Å². The number of hydrogen-bond acceptors (Lipinski definition) is 2. The Balaban J connectivity index is 2.62. The smallest absolute Gasteiger partial charge is 0.212 e. The van der Waals surface area contributed by atoms with Crippen LogP contribution in [0.25, 0.3) is 0 Å². The summed E-state index contributed by atoms with van der Waals surface area (Å²) in [5, 5.41) is 0. The van der Waals surface area contributed by atoms with Gasteiger partial charge in [0.2, 0.25) is 10.0 Å². The Hall–Kier alpha value is 0.200. The zero-order valence-corrected chi connectivity index (χ0v) is 12.4. The molecule has 5 heteroatoms. The molecule has 0 N–H and O–H groups in total. The molecule has 0 aliphatic heterocycles. The van der Waals surface area contributed by atoms with Crippen LogP contribution in [0.1, 0.15) is 45.4 Å². The lowest BCUT2D eigenvalue weighted by atomic mass is 10.1. The molecule has 1 saturated carbocycles. The van der Waals surface area contributed by atoms with Crippen LogP contribution in [0.5, 0.6) is 0 Å². The van der Waals surface area contributed by atoms with Gasteiger partial charge >= 0.3 is 0 Å². The molecule has 0 heterocycles. The Kier molecular flexibility index (Phi) is 6.24. The third kappa shape index (κ3) is 4.76. The van der Waals surface area contributed by atoms with Gasteiger partial charge in [0, 0.05) is 19.0 Å². The molecule has 0 saturated heterocycles. The maximum absolute atomic E-state index is 12.2. The van der Waals surface area contributed by atoms with Gasteiger partial charge in [-0.1, -0.05) is 32.6 Å². The van der Waals surface area contributed by atoms with Gasteiger partial charge in [-0.15, -0.1) is 11.6 Å². The quantitative estimate of drug-likeness (QED) is 0.574. The summed E-state index contributed by atoms with van der Waals surface area (Å²) in [5.41, 5.74) is 0. The van der Waals surface area contributed by atoms with Crippen LogP contribution in [-0.2, 0) is 10.0 Å². The summed E-state index contributed by atoms with van der Waals surface area (Å²) < 4.78 is 26.0. The minimum Gasteiger partial charge on any atom is -0.212 e. The molecule has 0 aromatic carbocycles. The van der Waals surface area contributed by atoms with Gasteiger partial charge in [-0.25, -0.2) is 12.7 Å². The lowest BCUT2D eigenvalue weighted by Gasteiger charge is -2.27. The molecule has 0 amide bonds. The highest BCUT2D eigenvalue weighted by Crippen LogP contribution is 2.23. The van der Waals surface area contributed by atoms with Gasteiger partial charge in [0.25, 0.3) is 0 Å². The summed E-state index contributed by atoms with van der Waals surface area (Å²) in [6, 6.07) is 0.199. The van der Waals surface area contributed by atoms with Crippen LogP contribution >= 0.6 is 11.6 Å². The summed E-state index contributed by atoms with van der Waals surface area (Å²) in [6.45, 7) is 1.88. The number of hydrogen-bond donors (Lipinski definition) is 0. The molecule has 102 valence electrons. The molecule has 0 aromatic rings. The molecule has 3 nitrogen and oxygen atoms in total. The van der Waals surface area contributed by atoms with Crippen molar-refractivity contribution in [1.29, 1.82) is 0 Å². The first-order valence-electron chi connectivity index (χ1n) is 6.49. The second-order valence-corrected chi connectivity index (χ2v) is 7.58. The Morgan fingerprint density at radius 3 is 2.24 bits per heavy atom. The summed E-state index contributed by atoms with van der Waals surface area (Å²) in [4.78, 5) is 0. The van der Waals surface area contributed by atoms with Crippen LogP contribution in [0.3, 0.4) is 0 Å². The average Bonchev–Trinajstić information content (AvgIpc) is 2.55. The Labute approximate surface area is 111 Å². The van der Waals surface area contributed by atoms with E-state index in [-0.39, 0.29) is 17.7 Å². The first-order chi connectivity index (χ1) is 7.97. The second kappa shape index (κ2) is 6.95. The monoisotopic (exact) mass is 281 g/mol. The van der Waals surface area contributed by atoms with E-state index in [1.54, 1.807) is 11.4 Å². The highest BCUT2D eigenvalue weighted by Gasteiger charge is 2.27. The minimum absolute atomic E-state index is 0.0231. The molecule has 17 heavy (non-hydrogen) atoms. The summed E-state index contributed by atoms with van der Waals surface area (Å²) >= 11 is 5.69. The van der Waals surface area contributed by atoms with Crippen molar-refractivity contribution in [3.05, 3.63) is 0 Å². The van der Waals surface area contributed by atoms with Crippen molar-refractivity contribution < 1.29 is 8.42 Å². The zero-order valence-electron chi connectivity index (χ0n) is 10.9. The topological polar surface area (TPSA) is 37.4 Å². The number of sulfonamides is 1. The highest BCUT2D eigenvalue weighted by atomic mass is 35.5. The molecule has 1 unspecified atom stereocenters. The zero-order chi connectivity index (χ0) is 12.9.